The van der Waals surface area contributed by atoms with Gasteiger partial charge in [-0.2, -0.15) is 4.98 Å². The summed E-state index contributed by atoms with van der Waals surface area (Å²) in [6, 6.07) is 6.31. The van der Waals surface area contributed by atoms with Gasteiger partial charge in [0.1, 0.15) is 5.69 Å². The minimum atomic E-state index is -0.442. The van der Waals surface area contributed by atoms with Crippen LogP contribution in [0.2, 0.25) is 0 Å². The van der Waals surface area contributed by atoms with Crippen molar-refractivity contribution in [1.82, 2.24) is 15.2 Å². The molecule has 0 aliphatic rings. The number of thioether (sulfide) groups is 1. The summed E-state index contributed by atoms with van der Waals surface area (Å²) < 4.78 is 4.59. The number of ether oxygens (including phenoxy) is 1. The van der Waals surface area contributed by atoms with E-state index < -0.39 is 5.97 Å². The second-order valence-electron chi connectivity index (χ2n) is 4.41. The Morgan fingerprint density at radius 2 is 1.96 bits per heavy atom. The van der Waals surface area contributed by atoms with Gasteiger partial charge in [-0.1, -0.05) is 11.8 Å². The van der Waals surface area contributed by atoms with E-state index in [0.717, 1.165) is 11.8 Å². The van der Waals surface area contributed by atoms with Crippen LogP contribution in [0.4, 0.5) is 5.69 Å². The van der Waals surface area contributed by atoms with E-state index in [1.165, 1.54) is 7.11 Å². The van der Waals surface area contributed by atoms with Crippen LogP contribution < -0.4 is 5.32 Å². The molecule has 0 saturated heterocycles. The molecule has 8 nitrogen and oxygen atoms in total. The Morgan fingerprint density at radius 1 is 1.26 bits per heavy atom. The van der Waals surface area contributed by atoms with Crippen molar-refractivity contribution >= 4 is 29.3 Å². The maximum atomic E-state index is 11.9. The lowest BCUT2D eigenvalue weighted by atomic mass is 10.2. The number of aryl methyl sites for hydroxylation is 1. The molecule has 2 N–H and O–H groups in total. The predicted molar refractivity (Wildman–Crippen MR) is 83.4 cm³/mol. The van der Waals surface area contributed by atoms with Crippen molar-refractivity contribution in [2.24, 2.45) is 0 Å². The fourth-order valence-corrected chi connectivity index (χ4v) is 2.13. The van der Waals surface area contributed by atoms with Crippen LogP contribution >= 0.6 is 11.8 Å². The van der Waals surface area contributed by atoms with Crippen LogP contribution in [0, 0.1) is 6.92 Å². The average Bonchev–Trinajstić information content (AvgIpc) is 2.56. The highest BCUT2D eigenvalue weighted by molar-refractivity contribution is 7.99. The first kappa shape index (κ1) is 16.7. The molecule has 1 aromatic carbocycles. The molecule has 2 aromatic rings. The van der Waals surface area contributed by atoms with Crippen molar-refractivity contribution in [2.75, 3.05) is 18.2 Å². The molecule has 0 aliphatic carbocycles. The summed E-state index contributed by atoms with van der Waals surface area (Å²) in [5.41, 5.74) is 1.27. The predicted octanol–water partition coefficient (Wildman–Crippen LogP) is 1.40. The fourth-order valence-electron chi connectivity index (χ4n) is 1.55. The maximum absolute atomic E-state index is 11.9. The zero-order valence-corrected chi connectivity index (χ0v) is 13.3. The number of anilines is 1. The first-order chi connectivity index (χ1) is 11.0. The number of nitrogens with one attached hydrogen (secondary N) is 1. The summed E-state index contributed by atoms with van der Waals surface area (Å²) in [7, 11) is 1.30. The SMILES string of the molecule is COC(=O)c1ccc(NC(=O)CSc2nnc(C)c(O)n2)cc1. The molecule has 1 amide bonds. The highest BCUT2D eigenvalue weighted by Gasteiger charge is 2.09. The minimum Gasteiger partial charge on any atom is -0.492 e. The molecule has 0 aliphatic heterocycles. The van der Waals surface area contributed by atoms with Gasteiger partial charge in [0.05, 0.1) is 18.4 Å². The number of esters is 1. The van der Waals surface area contributed by atoms with E-state index in [-0.39, 0.29) is 22.7 Å². The summed E-state index contributed by atoms with van der Waals surface area (Å²) >= 11 is 1.05. The second-order valence-corrected chi connectivity index (χ2v) is 5.35. The normalized spacial score (nSPS) is 10.2. The van der Waals surface area contributed by atoms with Crippen LogP contribution in [-0.4, -0.2) is 45.0 Å². The van der Waals surface area contributed by atoms with Gasteiger partial charge in [0.25, 0.3) is 0 Å². The molecular weight excluding hydrogens is 320 g/mol. The monoisotopic (exact) mass is 334 g/mol. The zero-order valence-electron chi connectivity index (χ0n) is 12.4. The topological polar surface area (TPSA) is 114 Å². The lowest BCUT2D eigenvalue weighted by molar-refractivity contribution is -0.113. The lowest BCUT2D eigenvalue weighted by Gasteiger charge is -2.06. The van der Waals surface area contributed by atoms with Crippen molar-refractivity contribution < 1.29 is 19.4 Å². The van der Waals surface area contributed by atoms with Crippen molar-refractivity contribution in [2.45, 2.75) is 12.1 Å². The number of hydrogen-bond donors (Lipinski definition) is 2. The Hall–Kier alpha value is -2.68. The molecule has 0 atom stereocenters. The minimum absolute atomic E-state index is 0.0585. The molecule has 0 fully saturated rings. The van der Waals surface area contributed by atoms with Gasteiger partial charge in [-0.15, -0.1) is 10.2 Å². The number of rotatable bonds is 5. The van der Waals surface area contributed by atoms with E-state index in [1.807, 2.05) is 0 Å². The molecule has 0 unspecified atom stereocenters. The number of hydrogen-bond acceptors (Lipinski definition) is 8. The molecule has 0 bridgehead atoms. The number of methoxy groups -OCH3 is 1. The van der Waals surface area contributed by atoms with E-state index in [4.69, 9.17) is 0 Å². The highest BCUT2D eigenvalue weighted by atomic mass is 32.2. The standard InChI is InChI=1S/C14H14N4O4S/c1-8-12(20)16-14(18-17-8)23-7-11(19)15-10-5-3-9(4-6-10)13(21)22-2/h3-6H,7H2,1-2H3,(H,15,19)(H,16,18,20). The van der Waals surface area contributed by atoms with Gasteiger partial charge in [0, 0.05) is 5.69 Å². The Morgan fingerprint density at radius 3 is 2.57 bits per heavy atom. The number of aromatic nitrogens is 3. The molecule has 120 valence electrons. The smallest absolute Gasteiger partial charge is 0.337 e. The number of aromatic hydroxyl groups is 1. The first-order valence-electron chi connectivity index (χ1n) is 6.51. The Labute approximate surface area is 136 Å². The molecule has 9 heteroatoms. The Balaban J connectivity index is 1.89. The zero-order chi connectivity index (χ0) is 16.8. The first-order valence-corrected chi connectivity index (χ1v) is 7.49. The van der Waals surface area contributed by atoms with Crippen LogP contribution in [0.3, 0.4) is 0 Å². The quantitative estimate of drug-likeness (QED) is 0.623. The van der Waals surface area contributed by atoms with Gasteiger partial charge in [-0.05, 0) is 31.2 Å². The van der Waals surface area contributed by atoms with Gasteiger partial charge in [-0.25, -0.2) is 4.79 Å². The summed E-state index contributed by atoms with van der Waals surface area (Å²) in [5.74, 6) is -0.865. The highest BCUT2D eigenvalue weighted by Crippen LogP contribution is 2.17. The van der Waals surface area contributed by atoms with E-state index in [9.17, 15) is 14.7 Å². The number of carbonyl (C=O) groups is 2. The third kappa shape index (κ3) is 4.65. The van der Waals surface area contributed by atoms with Gasteiger partial charge < -0.3 is 15.2 Å². The molecule has 1 heterocycles. The fraction of sp³-hybridized carbons (Fsp3) is 0.214. The molecule has 1 aromatic heterocycles. The van der Waals surface area contributed by atoms with Gasteiger partial charge in [0.15, 0.2) is 0 Å². The Bertz CT molecular complexity index is 721. The van der Waals surface area contributed by atoms with E-state index >= 15 is 0 Å². The van der Waals surface area contributed by atoms with Crippen LogP contribution in [0.25, 0.3) is 0 Å². The van der Waals surface area contributed by atoms with E-state index in [0.29, 0.717) is 16.9 Å². The third-order valence-electron chi connectivity index (χ3n) is 2.73. The van der Waals surface area contributed by atoms with Crippen molar-refractivity contribution in [1.29, 1.82) is 0 Å². The Kier molecular flexibility index (Phi) is 5.47. The van der Waals surface area contributed by atoms with Crippen LogP contribution in [0.5, 0.6) is 5.88 Å². The van der Waals surface area contributed by atoms with Gasteiger partial charge in [0.2, 0.25) is 16.9 Å². The number of nitrogens with zero attached hydrogens (tertiary/aromatic N) is 3. The van der Waals surface area contributed by atoms with Crippen molar-refractivity contribution in [3.05, 3.63) is 35.5 Å². The summed E-state index contributed by atoms with van der Waals surface area (Å²) in [6.07, 6.45) is 0. The number of amides is 1. The second kappa shape index (κ2) is 7.54. The number of carbonyl (C=O) groups excluding carboxylic acids is 2. The molecule has 0 spiro atoms. The third-order valence-corrected chi connectivity index (χ3v) is 3.57. The van der Waals surface area contributed by atoms with Crippen LogP contribution in [0.15, 0.2) is 29.4 Å². The molecule has 23 heavy (non-hydrogen) atoms. The maximum Gasteiger partial charge on any atom is 0.337 e. The largest absolute Gasteiger partial charge is 0.492 e. The number of benzene rings is 1. The lowest BCUT2D eigenvalue weighted by Crippen LogP contribution is -2.14. The van der Waals surface area contributed by atoms with Gasteiger partial charge in [-0.3, -0.25) is 4.79 Å². The molecule has 0 radical (unpaired) electrons. The van der Waals surface area contributed by atoms with E-state index in [2.05, 4.69) is 25.2 Å². The molecule has 2 rings (SSSR count). The van der Waals surface area contributed by atoms with Crippen molar-refractivity contribution in [3.8, 4) is 5.88 Å². The van der Waals surface area contributed by atoms with Gasteiger partial charge >= 0.3 is 5.97 Å². The molecule has 0 saturated carbocycles. The summed E-state index contributed by atoms with van der Waals surface area (Å²) in [6.45, 7) is 1.58. The van der Waals surface area contributed by atoms with Crippen LogP contribution in [-0.2, 0) is 9.53 Å². The van der Waals surface area contributed by atoms with Crippen LogP contribution in [0.1, 0.15) is 16.1 Å². The average molecular weight is 334 g/mol. The molecular formula is C14H14N4O4S. The van der Waals surface area contributed by atoms with Crippen molar-refractivity contribution in [3.63, 3.8) is 0 Å². The van der Waals surface area contributed by atoms with E-state index in [1.54, 1.807) is 31.2 Å². The summed E-state index contributed by atoms with van der Waals surface area (Å²) in [5, 5.41) is 19.8. The summed E-state index contributed by atoms with van der Waals surface area (Å²) in [4.78, 5) is 27.0.